The molecule has 0 saturated heterocycles. The fraction of sp³-hybridized carbons (Fsp3) is 0.163. The SMILES string of the molecule is C[n+]1c2n(c3ccccc31)C13c4c(cccc4C4(c5ccccc5-c5ccccc54)c4cccc-2c41)-c1cc(C(C)(C)C)cc[n+]13. The van der Waals surface area contributed by atoms with Gasteiger partial charge in [0, 0.05) is 12.1 Å². The maximum atomic E-state index is 2.67. The third-order valence-corrected chi connectivity index (χ3v) is 11.6. The second kappa shape index (κ2) is 7.74. The molecule has 4 aliphatic rings. The fourth-order valence-electron chi connectivity index (χ4n) is 9.94. The van der Waals surface area contributed by atoms with Gasteiger partial charge in [-0.1, -0.05) is 106 Å². The van der Waals surface area contributed by atoms with Gasteiger partial charge in [-0.15, -0.1) is 4.57 Å². The number of aromatic nitrogens is 3. The molecule has 2 aliphatic heterocycles. The molecule has 3 heteroatoms. The maximum absolute atomic E-state index is 2.67. The van der Waals surface area contributed by atoms with E-state index in [2.05, 4.69) is 169 Å². The van der Waals surface area contributed by atoms with Gasteiger partial charge in [0.15, 0.2) is 17.2 Å². The topological polar surface area (TPSA) is 12.7 Å². The molecular weight excluding hydrogens is 558 g/mol. The third kappa shape index (κ3) is 2.43. The Morgan fingerprint density at radius 1 is 0.587 bits per heavy atom. The molecule has 46 heavy (non-hydrogen) atoms. The highest BCUT2D eigenvalue weighted by molar-refractivity contribution is 5.94. The van der Waals surface area contributed by atoms with Crippen molar-refractivity contribution < 1.29 is 9.13 Å². The quantitative estimate of drug-likeness (QED) is 0.159. The molecule has 2 aromatic heterocycles. The van der Waals surface area contributed by atoms with Crippen LogP contribution in [0.1, 0.15) is 59.7 Å². The normalized spacial score (nSPS) is 18.3. The van der Waals surface area contributed by atoms with Gasteiger partial charge in [0.05, 0.1) is 34.7 Å². The van der Waals surface area contributed by atoms with Crippen molar-refractivity contribution in [2.75, 3.05) is 0 Å². The second-order valence-corrected chi connectivity index (χ2v) is 14.6. The molecule has 3 nitrogen and oxygen atoms in total. The molecule has 7 aromatic rings. The molecule has 0 bridgehead atoms. The summed E-state index contributed by atoms with van der Waals surface area (Å²) >= 11 is 0. The highest BCUT2D eigenvalue weighted by Crippen LogP contribution is 2.67. The molecule has 1 atom stereocenters. The van der Waals surface area contributed by atoms with Crippen molar-refractivity contribution in [2.24, 2.45) is 7.05 Å². The van der Waals surface area contributed by atoms with Crippen LogP contribution in [0.2, 0.25) is 0 Å². The molecule has 4 heterocycles. The standard InChI is InChI=1S/C43H33N3/c1-41(2,3)26-23-24-45-37(25-26)29-15-11-19-33-38(29)43(45)39-30(40-44(4)35-21-9-10-22-36(35)46(40)43)16-12-20-34(39)42(33)31-17-7-5-13-27(31)28-14-6-8-18-32(28)42/h5-25H,1-4H3/q+2. The van der Waals surface area contributed by atoms with Gasteiger partial charge >= 0.3 is 5.66 Å². The Morgan fingerprint density at radius 2 is 1.15 bits per heavy atom. The van der Waals surface area contributed by atoms with E-state index in [1.165, 1.54) is 83.7 Å². The van der Waals surface area contributed by atoms with Gasteiger partial charge in [-0.25, -0.2) is 4.57 Å². The molecule has 0 fully saturated rings. The number of pyridine rings is 1. The van der Waals surface area contributed by atoms with Crippen LogP contribution in [0.5, 0.6) is 0 Å². The molecule has 2 spiro atoms. The predicted molar refractivity (Wildman–Crippen MR) is 182 cm³/mol. The summed E-state index contributed by atoms with van der Waals surface area (Å²) in [6.07, 6.45) is 2.39. The van der Waals surface area contributed by atoms with Crippen molar-refractivity contribution in [2.45, 2.75) is 37.3 Å². The predicted octanol–water partition coefficient (Wildman–Crippen LogP) is 7.99. The average molecular weight is 592 g/mol. The Hall–Kier alpha value is -5.28. The minimum atomic E-state index is -0.558. The Bertz CT molecular complexity index is 2500. The molecule has 0 amide bonds. The number of aryl methyl sites for hydroxylation is 1. The van der Waals surface area contributed by atoms with Crippen LogP contribution in [-0.4, -0.2) is 4.57 Å². The number of imidazole rings is 1. The number of para-hydroxylation sites is 2. The maximum Gasteiger partial charge on any atom is 0.365 e. The van der Waals surface area contributed by atoms with Gasteiger partial charge in [-0.3, -0.25) is 0 Å². The number of hydrogen-bond acceptors (Lipinski definition) is 0. The Balaban J connectivity index is 1.43. The summed E-state index contributed by atoms with van der Waals surface area (Å²) in [6, 6.07) is 46.3. The van der Waals surface area contributed by atoms with Gasteiger partial charge < -0.3 is 0 Å². The van der Waals surface area contributed by atoms with Gasteiger partial charge in [0.1, 0.15) is 0 Å². The average Bonchev–Trinajstić information content (AvgIpc) is 3.76. The van der Waals surface area contributed by atoms with Crippen LogP contribution >= 0.6 is 0 Å². The second-order valence-electron chi connectivity index (χ2n) is 14.6. The van der Waals surface area contributed by atoms with E-state index in [1.807, 2.05) is 0 Å². The van der Waals surface area contributed by atoms with Crippen LogP contribution in [0.4, 0.5) is 0 Å². The first kappa shape index (κ1) is 25.0. The first-order valence-corrected chi connectivity index (χ1v) is 16.4. The third-order valence-electron chi connectivity index (χ3n) is 11.6. The molecule has 11 rings (SSSR count). The molecule has 218 valence electrons. The fourth-order valence-corrected chi connectivity index (χ4v) is 9.94. The molecule has 5 aromatic carbocycles. The number of fused-ring (bicyclic) bond motifs is 13. The summed E-state index contributed by atoms with van der Waals surface area (Å²) in [7, 11) is 2.24. The number of benzene rings is 5. The lowest BCUT2D eigenvalue weighted by atomic mass is 9.58. The van der Waals surface area contributed by atoms with Crippen LogP contribution in [0, 0.1) is 0 Å². The minimum Gasteiger partial charge on any atom is -0.225 e. The van der Waals surface area contributed by atoms with Crippen LogP contribution in [0.3, 0.4) is 0 Å². The number of nitrogens with zero attached hydrogens (tertiary/aromatic N) is 3. The first-order valence-electron chi connectivity index (χ1n) is 16.4. The van der Waals surface area contributed by atoms with Crippen molar-refractivity contribution in [3.8, 4) is 33.8 Å². The van der Waals surface area contributed by atoms with E-state index in [-0.39, 0.29) is 5.41 Å². The largest absolute Gasteiger partial charge is 0.365 e. The van der Waals surface area contributed by atoms with Crippen LogP contribution in [-0.2, 0) is 23.5 Å². The molecule has 0 saturated carbocycles. The van der Waals surface area contributed by atoms with Crippen molar-refractivity contribution >= 4 is 11.0 Å². The van der Waals surface area contributed by atoms with Crippen molar-refractivity contribution in [3.63, 3.8) is 0 Å². The zero-order valence-corrected chi connectivity index (χ0v) is 26.5. The minimum absolute atomic E-state index is 0.0321. The summed E-state index contributed by atoms with van der Waals surface area (Å²) in [5, 5.41) is 0. The Kier molecular flexibility index (Phi) is 4.20. The first-order chi connectivity index (χ1) is 22.4. The zero-order chi connectivity index (χ0) is 30.7. The summed E-state index contributed by atoms with van der Waals surface area (Å²) < 4.78 is 7.71. The lowest BCUT2D eigenvalue weighted by Crippen LogP contribution is -2.62. The molecule has 0 radical (unpaired) electrons. The van der Waals surface area contributed by atoms with E-state index < -0.39 is 11.1 Å². The van der Waals surface area contributed by atoms with E-state index in [4.69, 9.17) is 0 Å². The lowest BCUT2D eigenvalue weighted by Gasteiger charge is -2.42. The Labute approximate surface area is 268 Å². The number of hydrogen-bond donors (Lipinski definition) is 0. The summed E-state index contributed by atoms with van der Waals surface area (Å²) in [4.78, 5) is 0. The van der Waals surface area contributed by atoms with Crippen molar-refractivity contribution in [1.29, 1.82) is 0 Å². The smallest absolute Gasteiger partial charge is 0.225 e. The molecule has 1 unspecified atom stereocenters. The highest BCUT2D eigenvalue weighted by Gasteiger charge is 2.72. The van der Waals surface area contributed by atoms with E-state index >= 15 is 0 Å². The van der Waals surface area contributed by atoms with Crippen molar-refractivity contribution in [3.05, 3.63) is 166 Å². The van der Waals surface area contributed by atoms with Crippen LogP contribution in [0.15, 0.2) is 128 Å². The van der Waals surface area contributed by atoms with Crippen molar-refractivity contribution in [1.82, 2.24) is 4.57 Å². The van der Waals surface area contributed by atoms with E-state index in [9.17, 15) is 0 Å². The van der Waals surface area contributed by atoms with E-state index in [0.29, 0.717) is 0 Å². The highest BCUT2D eigenvalue weighted by atomic mass is 15.4. The summed E-state index contributed by atoms with van der Waals surface area (Å²) in [5.74, 6) is 1.26. The van der Waals surface area contributed by atoms with Gasteiger partial charge in [0.25, 0.3) is 5.82 Å². The van der Waals surface area contributed by atoms with E-state index in [1.54, 1.807) is 0 Å². The van der Waals surface area contributed by atoms with Gasteiger partial charge in [-0.05, 0) is 68.6 Å². The number of rotatable bonds is 0. The molecular formula is C43H33N3+2. The Morgan fingerprint density at radius 3 is 1.85 bits per heavy atom. The molecule has 0 N–H and O–H groups in total. The van der Waals surface area contributed by atoms with Gasteiger partial charge in [0.2, 0.25) is 5.69 Å². The van der Waals surface area contributed by atoms with E-state index in [0.717, 1.165) is 0 Å². The van der Waals surface area contributed by atoms with Gasteiger partial charge in [-0.2, -0.15) is 4.57 Å². The molecule has 2 aliphatic carbocycles. The monoisotopic (exact) mass is 591 g/mol. The summed E-state index contributed by atoms with van der Waals surface area (Å²) in [6.45, 7) is 6.96. The summed E-state index contributed by atoms with van der Waals surface area (Å²) in [5.41, 5.74) is 17.9. The lowest BCUT2D eigenvalue weighted by molar-refractivity contribution is -0.734. The zero-order valence-electron chi connectivity index (χ0n) is 26.5. The van der Waals surface area contributed by atoms with Crippen LogP contribution < -0.4 is 9.13 Å². The van der Waals surface area contributed by atoms with Crippen LogP contribution in [0.25, 0.3) is 44.8 Å².